The third-order valence-corrected chi connectivity index (χ3v) is 2.68. The van der Waals surface area contributed by atoms with Crippen molar-refractivity contribution >= 4 is 11.9 Å². The molecule has 2 aromatic carbocycles. The van der Waals surface area contributed by atoms with Gasteiger partial charge in [-0.25, -0.2) is 22.0 Å². The standard InChI is InChI=1S/C14H9F5N2/c1-7-2-4-8(5-3-7)21-20-6-9-10(15)12(17)14(19)13(18)11(9)16/h2-6,21H,1H3/b20-6-. The van der Waals surface area contributed by atoms with Crippen molar-refractivity contribution in [1.29, 1.82) is 0 Å². The van der Waals surface area contributed by atoms with E-state index < -0.39 is 34.6 Å². The third kappa shape index (κ3) is 3.01. The summed E-state index contributed by atoms with van der Waals surface area (Å²) in [6.45, 7) is 1.86. The molecule has 110 valence electrons. The Morgan fingerprint density at radius 2 is 1.29 bits per heavy atom. The normalized spacial score (nSPS) is 11.1. The number of nitrogens with one attached hydrogen (secondary N) is 1. The average molecular weight is 300 g/mol. The van der Waals surface area contributed by atoms with Gasteiger partial charge in [0, 0.05) is 0 Å². The molecule has 0 aliphatic heterocycles. The van der Waals surface area contributed by atoms with Gasteiger partial charge in [0.05, 0.1) is 17.5 Å². The summed E-state index contributed by atoms with van der Waals surface area (Å²) in [5.74, 6) is -10.1. The fraction of sp³-hybridized carbons (Fsp3) is 0.0714. The number of rotatable bonds is 3. The summed E-state index contributed by atoms with van der Waals surface area (Å²) in [5.41, 5.74) is 2.81. The fourth-order valence-corrected chi connectivity index (χ4v) is 1.53. The highest BCUT2D eigenvalue weighted by molar-refractivity contribution is 5.81. The number of aryl methyl sites for hydroxylation is 1. The first-order chi connectivity index (χ1) is 9.91. The van der Waals surface area contributed by atoms with Gasteiger partial charge >= 0.3 is 0 Å². The van der Waals surface area contributed by atoms with Crippen molar-refractivity contribution in [2.75, 3.05) is 5.43 Å². The predicted octanol–water partition coefficient (Wildman–Crippen LogP) is 4.14. The molecule has 0 saturated carbocycles. The molecule has 0 amide bonds. The summed E-state index contributed by atoms with van der Waals surface area (Å²) in [6.07, 6.45) is 0.538. The van der Waals surface area contributed by atoms with Crippen molar-refractivity contribution in [3.8, 4) is 0 Å². The minimum atomic E-state index is -2.20. The molecular formula is C14H9F5N2. The van der Waals surface area contributed by atoms with E-state index in [-0.39, 0.29) is 0 Å². The van der Waals surface area contributed by atoms with Crippen LogP contribution >= 0.6 is 0 Å². The van der Waals surface area contributed by atoms with Gasteiger partial charge < -0.3 is 0 Å². The molecule has 7 heteroatoms. The van der Waals surface area contributed by atoms with E-state index in [9.17, 15) is 22.0 Å². The molecule has 0 unspecified atom stereocenters. The maximum Gasteiger partial charge on any atom is 0.200 e. The van der Waals surface area contributed by atoms with Crippen LogP contribution in [0, 0.1) is 36.0 Å². The Bertz CT molecular complexity index is 666. The van der Waals surface area contributed by atoms with Gasteiger partial charge in [-0.2, -0.15) is 5.10 Å². The van der Waals surface area contributed by atoms with E-state index in [0.29, 0.717) is 11.9 Å². The number of hydrogen-bond acceptors (Lipinski definition) is 2. The summed E-state index contributed by atoms with van der Waals surface area (Å²) in [4.78, 5) is 0. The lowest BCUT2D eigenvalue weighted by atomic mass is 10.2. The van der Waals surface area contributed by atoms with Crippen LogP contribution in [0.4, 0.5) is 27.6 Å². The highest BCUT2D eigenvalue weighted by atomic mass is 19.2. The quantitative estimate of drug-likeness (QED) is 0.298. The summed E-state index contributed by atoms with van der Waals surface area (Å²) in [5, 5.41) is 3.46. The lowest BCUT2D eigenvalue weighted by Crippen LogP contribution is -2.07. The van der Waals surface area contributed by atoms with Crippen LogP contribution in [0.15, 0.2) is 29.4 Å². The zero-order chi connectivity index (χ0) is 15.6. The second-order valence-electron chi connectivity index (χ2n) is 4.22. The van der Waals surface area contributed by atoms with Gasteiger partial charge in [-0.15, -0.1) is 0 Å². The second kappa shape index (κ2) is 5.90. The van der Waals surface area contributed by atoms with Crippen molar-refractivity contribution in [3.05, 3.63) is 64.5 Å². The maximum atomic E-state index is 13.3. The molecule has 0 bridgehead atoms. The summed E-state index contributed by atoms with van der Waals surface area (Å²) >= 11 is 0. The van der Waals surface area contributed by atoms with E-state index in [2.05, 4.69) is 10.5 Å². The molecule has 0 atom stereocenters. The van der Waals surface area contributed by atoms with E-state index in [4.69, 9.17) is 0 Å². The molecule has 0 heterocycles. The van der Waals surface area contributed by atoms with Crippen LogP contribution in [-0.2, 0) is 0 Å². The maximum absolute atomic E-state index is 13.3. The Balaban J connectivity index is 2.27. The number of hydrazone groups is 1. The van der Waals surface area contributed by atoms with Gasteiger partial charge in [-0.1, -0.05) is 17.7 Å². The predicted molar refractivity (Wildman–Crippen MR) is 68.6 cm³/mol. The van der Waals surface area contributed by atoms with Crippen LogP contribution in [0.1, 0.15) is 11.1 Å². The molecule has 21 heavy (non-hydrogen) atoms. The van der Waals surface area contributed by atoms with E-state index in [1.165, 1.54) is 0 Å². The lowest BCUT2D eigenvalue weighted by molar-refractivity contribution is 0.377. The molecular weight excluding hydrogens is 291 g/mol. The SMILES string of the molecule is Cc1ccc(N/N=C\c2c(F)c(F)c(F)c(F)c2F)cc1. The smallest absolute Gasteiger partial charge is 0.200 e. The van der Waals surface area contributed by atoms with E-state index in [1.807, 2.05) is 6.92 Å². The molecule has 0 aromatic heterocycles. The van der Waals surface area contributed by atoms with Crippen molar-refractivity contribution in [1.82, 2.24) is 0 Å². The molecule has 0 aliphatic rings. The number of hydrogen-bond donors (Lipinski definition) is 1. The van der Waals surface area contributed by atoms with Crippen LogP contribution in [0.25, 0.3) is 0 Å². The Kier molecular flexibility index (Phi) is 4.21. The Morgan fingerprint density at radius 3 is 1.81 bits per heavy atom. The minimum absolute atomic E-state index is 0.501. The third-order valence-electron chi connectivity index (χ3n) is 2.68. The van der Waals surface area contributed by atoms with Gasteiger partial charge in [0.2, 0.25) is 5.82 Å². The molecule has 2 rings (SSSR count). The molecule has 0 fully saturated rings. The average Bonchev–Trinajstić information content (AvgIpc) is 2.48. The number of halogens is 5. The number of nitrogens with zero attached hydrogens (tertiary/aromatic N) is 1. The van der Waals surface area contributed by atoms with E-state index >= 15 is 0 Å². The zero-order valence-electron chi connectivity index (χ0n) is 10.7. The molecule has 0 radical (unpaired) electrons. The van der Waals surface area contributed by atoms with Crippen LogP contribution in [-0.4, -0.2) is 6.21 Å². The molecule has 0 saturated heterocycles. The number of anilines is 1. The van der Waals surface area contributed by atoms with Crippen molar-refractivity contribution < 1.29 is 22.0 Å². The van der Waals surface area contributed by atoms with Gasteiger partial charge in [0.1, 0.15) is 0 Å². The highest BCUT2D eigenvalue weighted by Crippen LogP contribution is 2.21. The first kappa shape index (κ1) is 15.0. The topological polar surface area (TPSA) is 24.4 Å². The van der Waals surface area contributed by atoms with E-state index in [0.717, 1.165) is 5.56 Å². The molecule has 0 spiro atoms. The first-order valence-electron chi connectivity index (χ1n) is 5.79. The van der Waals surface area contributed by atoms with Gasteiger partial charge in [0.25, 0.3) is 0 Å². The van der Waals surface area contributed by atoms with Crippen molar-refractivity contribution in [2.45, 2.75) is 6.92 Å². The van der Waals surface area contributed by atoms with Gasteiger partial charge in [-0.3, -0.25) is 5.43 Å². The van der Waals surface area contributed by atoms with Crippen molar-refractivity contribution in [3.63, 3.8) is 0 Å². The molecule has 0 aliphatic carbocycles. The van der Waals surface area contributed by atoms with Crippen LogP contribution in [0.5, 0.6) is 0 Å². The number of benzene rings is 2. The van der Waals surface area contributed by atoms with Gasteiger partial charge in [0.15, 0.2) is 23.3 Å². The summed E-state index contributed by atoms with van der Waals surface area (Å²) in [6, 6.07) is 6.81. The largest absolute Gasteiger partial charge is 0.279 e. The van der Waals surface area contributed by atoms with Crippen LogP contribution in [0.3, 0.4) is 0 Å². The monoisotopic (exact) mass is 300 g/mol. The van der Waals surface area contributed by atoms with Crippen molar-refractivity contribution in [2.24, 2.45) is 5.10 Å². The minimum Gasteiger partial charge on any atom is -0.279 e. The summed E-state index contributed by atoms with van der Waals surface area (Å²) < 4.78 is 65.4. The lowest BCUT2D eigenvalue weighted by Gasteiger charge is -2.04. The summed E-state index contributed by atoms with van der Waals surface area (Å²) in [7, 11) is 0. The molecule has 1 N–H and O–H groups in total. The highest BCUT2D eigenvalue weighted by Gasteiger charge is 2.24. The Hall–Kier alpha value is -2.44. The van der Waals surface area contributed by atoms with Crippen LogP contribution < -0.4 is 5.43 Å². The van der Waals surface area contributed by atoms with Gasteiger partial charge in [-0.05, 0) is 19.1 Å². The Labute approximate surface area is 116 Å². The first-order valence-corrected chi connectivity index (χ1v) is 5.79. The van der Waals surface area contributed by atoms with Crippen LogP contribution in [0.2, 0.25) is 0 Å². The molecule has 2 nitrogen and oxygen atoms in total. The Morgan fingerprint density at radius 1 is 0.810 bits per heavy atom. The zero-order valence-corrected chi connectivity index (χ0v) is 10.7. The second-order valence-corrected chi connectivity index (χ2v) is 4.22. The van der Waals surface area contributed by atoms with E-state index in [1.54, 1.807) is 24.3 Å². The molecule has 2 aromatic rings. The fourth-order valence-electron chi connectivity index (χ4n) is 1.53.